The monoisotopic (exact) mass is 351 g/mol. The van der Waals surface area contributed by atoms with Gasteiger partial charge in [0.1, 0.15) is 6.04 Å². The zero-order valence-electron chi connectivity index (χ0n) is 15.6. The minimum absolute atomic E-state index is 0.0167. The molecule has 1 atom stereocenters. The van der Waals surface area contributed by atoms with Crippen molar-refractivity contribution in [2.75, 3.05) is 32.7 Å². The van der Waals surface area contributed by atoms with Crippen molar-refractivity contribution >= 4 is 11.8 Å². The summed E-state index contributed by atoms with van der Waals surface area (Å²) in [7, 11) is 0. The van der Waals surface area contributed by atoms with E-state index in [9.17, 15) is 9.59 Å². The lowest BCUT2D eigenvalue weighted by Crippen LogP contribution is -2.49. The molecule has 0 aromatic carbocycles. The molecule has 1 aromatic heterocycles. The van der Waals surface area contributed by atoms with Gasteiger partial charge in [-0.05, 0) is 18.9 Å². The van der Waals surface area contributed by atoms with E-state index in [-0.39, 0.29) is 24.3 Å². The Hall–Kier alpha value is -1.96. The normalized spacial score (nSPS) is 16.9. The van der Waals surface area contributed by atoms with Crippen LogP contribution in [0.3, 0.4) is 0 Å². The van der Waals surface area contributed by atoms with E-state index in [4.69, 9.17) is 4.52 Å². The Kier molecular flexibility index (Phi) is 6.92. The highest BCUT2D eigenvalue weighted by Gasteiger charge is 2.24. The summed E-state index contributed by atoms with van der Waals surface area (Å²) in [5.41, 5.74) is 0. The number of rotatable bonds is 7. The number of amides is 2. The van der Waals surface area contributed by atoms with Gasteiger partial charge in [0.25, 0.3) is 0 Å². The van der Waals surface area contributed by atoms with E-state index < -0.39 is 0 Å². The van der Waals surface area contributed by atoms with E-state index in [2.05, 4.69) is 41.1 Å². The van der Waals surface area contributed by atoms with E-state index in [0.29, 0.717) is 24.1 Å². The zero-order valence-corrected chi connectivity index (χ0v) is 15.6. The zero-order chi connectivity index (χ0) is 18.4. The Bertz CT molecular complexity index is 579. The Labute approximate surface area is 148 Å². The first-order valence-corrected chi connectivity index (χ1v) is 8.98. The first-order valence-electron chi connectivity index (χ1n) is 8.98. The summed E-state index contributed by atoms with van der Waals surface area (Å²) in [4.78, 5) is 32.3. The number of carbonyl (C=O) groups is 2. The Balaban J connectivity index is 1.95. The average molecular weight is 351 g/mol. The molecule has 2 rings (SSSR count). The molecule has 2 amide bonds. The van der Waals surface area contributed by atoms with E-state index in [1.807, 2.05) is 4.90 Å². The smallest absolute Gasteiger partial charge is 0.249 e. The van der Waals surface area contributed by atoms with Crippen LogP contribution in [0.1, 0.15) is 51.9 Å². The summed E-state index contributed by atoms with van der Waals surface area (Å²) in [5.74, 6) is 0.974. The van der Waals surface area contributed by atoms with Crippen molar-refractivity contribution in [2.24, 2.45) is 5.92 Å². The summed E-state index contributed by atoms with van der Waals surface area (Å²) in [6.45, 7) is 12.0. The molecule has 8 heteroatoms. The molecule has 0 radical (unpaired) electrons. The molecule has 1 saturated heterocycles. The number of hydrogen-bond donors (Lipinski definition) is 1. The second-order valence-electron chi connectivity index (χ2n) is 6.92. The van der Waals surface area contributed by atoms with Gasteiger partial charge in [0.15, 0.2) is 5.82 Å². The van der Waals surface area contributed by atoms with Gasteiger partial charge in [-0.15, -0.1) is 0 Å². The van der Waals surface area contributed by atoms with Crippen molar-refractivity contribution in [3.8, 4) is 0 Å². The molecule has 0 bridgehead atoms. The topological polar surface area (TPSA) is 91.6 Å². The summed E-state index contributed by atoms with van der Waals surface area (Å²) in [5, 5.41) is 6.76. The molecule has 8 nitrogen and oxygen atoms in total. The Morgan fingerprint density at radius 1 is 1.24 bits per heavy atom. The highest BCUT2D eigenvalue weighted by atomic mass is 16.5. The molecule has 1 aromatic rings. The van der Waals surface area contributed by atoms with Crippen LogP contribution in [0.15, 0.2) is 4.52 Å². The third-order valence-electron chi connectivity index (χ3n) is 4.35. The van der Waals surface area contributed by atoms with Crippen LogP contribution in [0.25, 0.3) is 0 Å². The van der Waals surface area contributed by atoms with Gasteiger partial charge in [-0.2, -0.15) is 4.98 Å². The lowest BCUT2D eigenvalue weighted by Gasteiger charge is -2.33. The molecule has 140 valence electrons. The van der Waals surface area contributed by atoms with E-state index in [0.717, 1.165) is 32.7 Å². The van der Waals surface area contributed by atoms with Crippen LogP contribution in [0, 0.1) is 5.92 Å². The lowest BCUT2D eigenvalue weighted by molar-refractivity contribution is -0.132. The van der Waals surface area contributed by atoms with Crippen LogP contribution < -0.4 is 5.32 Å². The number of nitrogens with zero attached hydrogens (tertiary/aromatic N) is 4. The van der Waals surface area contributed by atoms with Crippen molar-refractivity contribution in [3.63, 3.8) is 0 Å². The number of aromatic nitrogens is 2. The van der Waals surface area contributed by atoms with Crippen molar-refractivity contribution in [3.05, 3.63) is 11.7 Å². The summed E-state index contributed by atoms with van der Waals surface area (Å²) in [6, 6.07) is -0.318. The fourth-order valence-corrected chi connectivity index (χ4v) is 2.98. The third kappa shape index (κ3) is 5.81. The van der Waals surface area contributed by atoms with E-state index in [1.54, 1.807) is 0 Å². The SMILES string of the molecule is CCN1CCN(C(=O)Cc2noc([C@H](CC(C)C)NC(C)=O)n2)CC1. The molecule has 1 aliphatic rings. The number of piperazine rings is 1. The Morgan fingerprint density at radius 2 is 1.92 bits per heavy atom. The molecule has 0 unspecified atom stereocenters. The molecular formula is C17H29N5O3. The minimum atomic E-state index is -0.318. The molecule has 1 fully saturated rings. The predicted octanol–water partition coefficient (Wildman–Crippen LogP) is 0.999. The molecule has 1 aliphatic heterocycles. The van der Waals surface area contributed by atoms with Gasteiger partial charge >= 0.3 is 0 Å². The molecule has 0 spiro atoms. The molecule has 2 heterocycles. The standard InChI is InChI=1S/C17H29N5O3/c1-5-21-6-8-22(9-7-21)16(24)11-15-19-17(25-20-15)14(10-12(2)3)18-13(4)23/h12,14H,5-11H2,1-4H3,(H,18,23)/t14-/m0/s1. The number of carbonyl (C=O) groups excluding carboxylic acids is 2. The van der Waals surface area contributed by atoms with Crippen LogP contribution in [0.5, 0.6) is 0 Å². The third-order valence-corrected chi connectivity index (χ3v) is 4.35. The minimum Gasteiger partial charge on any atom is -0.345 e. The van der Waals surface area contributed by atoms with Gasteiger partial charge in [0, 0.05) is 33.1 Å². The maximum Gasteiger partial charge on any atom is 0.249 e. The first-order chi connectivity index (χ1) is 11.9. The van der Waals surface area contributed by atoms with E-state index >= 15 is 0 Å². The Morgan fingerprint density at radius 3 is 2.48 bits per heavy atom. The second-order valence-corrected chi connectivity index (χ2v) is 6.92. The largest absolute Gasteiger partial charge is 0.345 e. The van der Waals surface area contributed by atoms with Gasteiger partial charge in [0.05, 0.1) is 6.42 Å². The van der Waals surface area contributed by atoms with Crippen molar-refractivity contribution in [1.29, 1.82) is 0 Å². The molecule has 0 aliphatic carbocycles. The number of hydrogen-bond acceptors (Lipinski definition) is 6. The van der Waals surface area contributed by atoms with Crippen LogP contribution in [0.2, 0.25) is 0 Å². The van der Waals surface area contributed by atoms with Crippen LogP contribution in [0.4, 0.5) is 0 Å². The molecular weight excluding hydrogens is 322 g/mol. The van der Waals surface area contributed by atoms with Gasteiger partial charge in [-0.25, -0.2) is 0 Å². The predicted molar refractivity (Wildman–Crippen MR) is 92.7 cm³/mol. The summed E-state index contributed by atoms with van der Waals surface area (Å²) >= 11 is 0. The highest BCUT2D eigenvalue weighted by Crippen LogP contribution is 2.20. The van der Waals surface area contributed by atoms with Crippen LogP contribution in [-0.2, 0) is 16.0 Å². The average Bonchev–Trinajstić information content (AvgIpc) is 3.02. The highest BCUT2D eigenvalue weighted by molar-refractivity contribution is 5.78. The van der Waals surface area contributed by atoms with Crippen LogP contribution in [-0.4, -0.2) is 64.5 Å². The van der Waals surface area contributed by atoms with Crippen LogP contribution >= 0.6 is 0 Å². The van der Waals surface area contributed by atoms with Gasteiger partial charge in [-0.3, -0.25) is 9.59 Å². The van der Waals surface area contributed by atoms with Gasteiger partial charge in [-0.1, -0.05) is 25.9 Å². The van der Waals surface area contributed by atoms with E-state index in [1.165, 1.54) is 6.92 Å². The lowest BCUT2D eigenvalue weighted by atomic mass is 10.0. The number of nitrogens with one attached hydrogen (secondary N) is 1. The maximum atomic E-state index is 12.4. The van der Waals surface area contributed by atoms with Crippen molar-refractivity contribution < 1.29 is 14.1 Å². The second kappa shape index (κ2) is 8.94. The first kappa shape index (κ1) is 19.4. The quantitative estimate of drug-likeness (QED) is 0.788. The van der Waals surface area contributed by atoms with Crippen molar-refractivity contribution in [2.45, 2.75) is 46.6 Å². The maximum absolute atomic E-state index is 12.4. The molecule has 25 heavy (non-hydrogen) atoms. The fraction of sp³-hybridized carbons (Fsp3) is 0.765. The molecule has 1 N–H and O–H groups in total. The van der Waals surface area contributed by atoms with Gasteiger partial charge < -0.3 is 19.6 Å². The van der Waals surface area contributed by atoms with Gasteiger partial charge in [0.2, 0.25) is 17.7 Å². The summed E-state index contributed by atoms with van der Waals surface area (Å²) < 4.78 is 5.30. The molecule has 0 saturated carbocycles. The van der Waals surface area contributed by atoms with Crippen molar-refractivity contribution in [1.82, 2.24) is 25.3 Å². The fourth-order valence-electron chi connectivity index (χ4n) is 2.98. The summed E-state index contributed by atoms with van der Waals surface area (Å²) in [6.07, 6.45) is 0.832. The number of likely N-dealkylation sites (N-methyl/N-ethyl adjacent to an activating group) is 1.